The topological polar surface area (TPSA) is 12.0 Å². The monoisotopic (exact) mass is 163 g/mol. The lowest BCUT2D eigenvalue weighted by atomic mass is 10.3. The van der Waals surface area contributed by atoms with Gasteiger partial charge in [0, 0.05) is 0 Å². The van der Waals surface area contributed by atoms with Crippen molar-refractivity contribution >= 4 is 15.9 Å². The van der Waals surface area contributed by atoms with Gasteiger partial charge in [-0.3, -0.25) is 0 Å². The SMILES string of the molecule is CC1(Br)CCCN1. The molecule has 0 amide bonds. The Morgan fingerprint density at radius 1 is 1.71 bits per heavy atom. The van der Waals surface area contributed by atoms with E-state index in [-0.39, 0.29) is 4.45 Å². The molecule has 1 heterocycles. The summed E-state index contributed by atoms with van der Waals surface area (Å²) in [6.07, 6.45) is 2.56. The average molecular weight is 164 g/mol. The van der Waals surface area contributed by atoms with Crippen LogP contribution in [-0.2, 0) is 0 Å². The van der Waals surface area contributed by atoms with Crippen LogP contribution in [0.2, 0.25) is 0 Å². The quantitative estimate of drug-likeness (QED) is 0.422. The van der Waals surface area contributed by atoms with E-state index in [4.69, 9.17) is 0 Å². The minimum absolute atomic E-state index is 0.257. The molecule has 0 saturated carbocycles. The van der Waals surface area contributed by atoms with E-state index in [1.165, 1.54) is 19.4 Å². The van der Waals surface area contributed by atoms with E-state index in [0.717, 1.165) is 0 Å². The van der Waals surface area contributed by atoms with E-state index in [1.54, 1.807) is 0 Å². The summed E-state index contributed by atoms with van der Waals surface area (Å²) in [5, 5.41) is 3.31. The van der Waals surface area contributed by atoms with Gasteiger partial charge in [0.1, 0.15) is 0 Å². The van der Waals surface area contributed by atoms with Crippen molar-refractivity contribution in [3.63, 3.8) is 0 Å². The molecule has 1 nitrogen and oxygen atoms in total. The molecule has 1 aliphatic rings. The van der Waals surface area contributed by atoms with E-state index in [9.17, 15) is 0 Å². The molecule has 0 aromatic heterocycles. The molecule has 1 unspecified atom stereocenters. The van der Waals surface area contributed by atoms with Gasteiger partial charge in [0.25, 0.3) is 0 Å². The van der Waals surface area contributed by atoms with Gasteiger partial charge in [0.2, 0.25) is 0 Å². The molecular weight excluding hydrogens is 154 g/mol. The lowest BCUT2D eigenvalue weighted by Crippen LogP contribution is -2.27. The minimum atomic E-state index is 0.257. The second-order valence-electron chi connectivity index (χ2n) is 2.23. The van der Waals surface area contributed by atoms with E-state index in [1.807, 2.05) is 0 Å². The summed E-state index contributed by atoms with van der Waals surface area (Å²) in [5.41, 5.74) is 0. The Morgan fingerprint density at radius 2 is 2.43 bits per heavy atom. The maximum atomic E-state index is 3.53. The van der Waals surface area contributed by atoms with Crippen molar-refractivity contribution < 1.29 is 0 Å². The predicted octanol–water partition coefficient (Wildman–Crippen LogP) is 1.48. The molecule has 0 aromatic carbocycles. The van der Waals surface area contributed by atoms with Gasteiger partial charge in [-0.05, 0) is 26.3 Å². The summed E-state index contributed by atoms with van der Waals surface area (Å²) in [4.78, 5) is 0. The van der Waals surface area contributed by atoms with Crippen LogP contribution < -0.4 is 5.32 Å². The van der Waals surface area contributed by atoms with Crippen molar-refractivity contribution in [2.45, 2.75) is 24.2 Å². The number of nitrogens with one attached hydrogen (secondary N) is 1. The van der Waals surface area contributed by atoms with Crippen molar-refractivity contribution in [2.24, 2.45) is 0 Å². The number of rotatable bonds is 0. The van der Waals surface area contributed by atoms with Gasteiger partial charge in [0.05, 0.1) is 4.45 Å². The fourth-order valence-electron chi connectivity index (χ4n) is 0.858. The van der Waals surface area contributed by atoms with Crippen LogP contribution in [0.15, 0.2) is 0 Å². The number of alkyl halides is 1. The smallest absolute Gasteiger partial charge is 0.0714 e. The predicted molar refractivity (Wildman–Crippen MR) is 34.6 cm³/mol. The highest BCUT2D eigenvalue weighted by molar-refractivity contribution is 9.10. The molecule has 1 saturated heterocycles. The number of hydrogen-bond acceptors (Lipinski definition) is 1. The molecule has 1 fully saturated rings. The molecule has 1 N–H and O–H groups in total. The lowest BCUT2D eigenvalue weighted by Gasteiger charge is -2.12. The molecule has 1 atom stereocenters. The molecule has 2 heteroatoms. The molecule has 0 spiro atoms. The molecular formula is C5H10BrN. The van der Waals surface area contributed by atoms with Gasteiger partial charge in [-0.25, -0.2) is 0 Å². The molecule has 0 bridgehead atoms. The van der Waals surface area contributed by atoms with Crippen LogP contribution >= 0.6 is 15.9 Å². The Balaban J connectivity index is 2.40. The van der Waals surface area contributed by atoms with E-state index >= 15 is 0 Å². The van der Waals surface area contributed by atoms with Crippen LogP contribution in [0.5, 0.6) is 0 Å². The number of hydrogen-bond donors (Lipinski definition) is 1. The largest absolute Gasteiger partial charge is 0.303 e. The van der Waals surface area contributed by atoms with Gasteiger partial charge >= 0.3 is 0 Å². The van der Waals surface area contributed by atoms with E-state index in [2.05, 4.69) is 28.2 Å². The highest BCUT2D eigenvalue weighted by Crippen LogP contribution is 2.24. The van der Waals surface area contributed by atoms with Crippen LogP contribution in [0.1, 0.15) is 19.8 Å². The van der Waals surface area contributed by atoms with Crippen molar-refractivity contribution in [3.8, 4) is 0 Å². The number of halogens is 1. The zero-order valence-corrected chi connectivity index (χ0v) is 6.09. The van der Waals surface area contributed by atoms with Gasteiger partial charge in [-0.2, -0.15) is 0 Å². The summed E-state index contributed by atoms with van der Waals surface area (Å²) in [7, 11) is 0. The second kappa shape index (κ2) is 1.75. The third kappa shape index (κ3) is 1.42. The van der Waals surface area contributed by atoms with Gasteiger partial charge in [-0.15, -0.1) is 0 Å². The first-order valence-electron chi connectivity index (χ1n) is 2.65. The summed E-state index contributed by atoms with van der Waals surface area (Å²) in [6, 6.07) is 0. The van der Waals surface area contributed by atoms with Crippen LogP contribution in [-0.4, -0.2) is 11.0 Å². The molecule has 0 aromatic rings. The average Bonchev–Trinajstić information content (AvgIpc) is 1.84. The summed E-state index contributed by atoms with van der Waals surface area (Å²) in [6.45, 7) is 3.34. The molecule has 1 rings (SSSR count). The maximum Gasteiger partial charge on any atom is 0.0714 e. The Bertz CT molecular complexity index is 62.5. The van der Waals surface area contributed by atoms with E-state index in [0.29, 0.717) is 0 Å². The first-order chi connectivity index (χ1) is 3.21. The molecule has 0 radical (unpaired) electrons. The second-order valence-corrected chi connectivity index (χ2v) is 3.98. The van der Waals surface area contributed by atoms with E-state index < -0.39 is 0 Å². The lowest BCUT2D eigenvalue weighted by molar-refractivity contribution is 0.618. The van der Waals surface area contributed by atoms with Crippen molar-refractivity contribution in [3.05, 3.63) is 0 Å². The first-order valence-corrected chi connectivity index (χ1v) is 3.44. The standard InChI is InChI=1S/C5H10BrN/c1-5(6)3-2-4-7-5/h7H,2-4H2,1H3. The van der Waals surface area contributed by atoms with Crippen LogP contribution in [0.3, 0.4) is 0 Å². The fourth-order valence-corrected chi connectivity index (χ4v) is 1.34. The maximum absolute atomic E-state index is 3.53. The van der Waals surface area contributed by atoms with Gasteiger partial charge in [-0.1, -0.05) is 15.9 Å². The van der Waals surface area contributed by atoms with Crippen molar-refractivity contribution in [2.75, 3.05) is 6.54 Å². The Morgan fingerprint density at radius 3 is 2.57 bits per heavy atom. The van der Waals surface area contributed by atoms with Crippen molar-refractivity contribution in [1.82, 2.24) is 5.32 Å². The third-order valence-electron chi connectivity index (χ3n) is 1.32. The van der Waals surface area contributed by atoms with Gasteiger partial charge < -0.3 is 5.32 Å². The molecule has 7 heavy (non-hydrogen) atoms. The van der Waals surface area contributed by atoms with Crippen LogP contribution in [0, 0.1) is 0 Å². The zero-order valence-electron chi connectivity index (χ0n) is 4.50. The molecule has 42 valence electrons. The summed E-state index contributed by atoms with van der Waals surface area (Å²) < 4.78 is 0.257. The Kier molecular flexibility index (Phi) is 1.39. The zero-order chi connectivity index (χ0) is 5.33. The minimum Gasteiger partial charge on any atom is -0.303 e. The molecule has 1 aliphatic heterocycles. The van der Waals surface area contributed by atoms with Gasteiger partial charge in [0.15, 0.2) is 0 Å². The van der Waals surface area contributed by atoms with Crippen LogP contribution in [0.25, 0.3) is 0 Å². The highest BCUT2D eigenvalue weighted by atomic mass is 79.9. The highest BCUT2D eigenvalue weighted by Gasteiger charge is 2.23. The summed E-state index contributed by atoms with van der Waals surface area (Å²) in [5.74, 6) is 0. The Hall–Kier alpha value is 0.440. The Labute approximate surface area is 52.6 Å². The normalized spacial score (nSPS) is 42.0. The van der Waals surface area contributed by atoms with Crippen LogP contribution in [0.4, 0.5) is 0 Å². The van der Waals surface area contributed by atoms with Crippen molar-refractivity contribution in [1.29, 1.82) is 0 Å². The first kappa shape index (κ1) is 5.57. The fraction of sp³-hybridized carbons (Fsp3) is 1.00. The third-order valence-corrected chi connectivity index (χ3v) is 1.99. The molecule has 0 aliphatic carbocycles. The summed E-state index contributed by atoms with van der Waals surface area (Å²) >= 11 is 3.53.